The molecule has 0 fully saturated rings. The van der Waals surface area contributed by atoms with Crippen molar-refractivity contribution in [3.05, 3.63) is 393 Å². The number of hydrogen-bond donors (Lipinski definition) is 0. The van der Waals surface area contributed by atoms with Crippen molar-refractivity contribution >= 4 is 198 Å². The second-order valence-corrected chi connectivity index (χ2v) is 35.5. The summed E-state index contributed by atoms with van der Waals surface area (Å²) in [6.07, 6.45) is 0. The molecule has 6 aliphatic heterocycles. The Morgan fingerprint density at radius 1 is 0.411 bits per heavy atom. The summed E-state index contributed by atoms with van der Waals surface area (Å²) >= 11 is 31.6. The minimum atomic E-state index is -0.227. The van der Waals surface area contributed by atoms with Crippen molar-refractivity contribution in [1.82, 2.24) is 9.80 Å². The number of allylic oxidation sites excluding steroid dienone is 6. The van der Waals surface area contributed by atoms with Crippen LogP contribution in [0.1, 0.15) is 75.1 Å². The van der Waals surface area contributed by atoms with Crippen LogP contribution in [0.2, 0.25) is 13.7 Å². The Hall–Kier alpha value is -9.75. The Labute approximate surface area is 701 Å². The maximum atomic E-state index is 13.0. The number of likely N-dealkylation sites (N-methyl/N-ethyl adjacent to an activating group) is 1. The Bertz CT molecular complexity index is 5540. The Balaban J connectivity index is 0.000000118. The molecule has 0 saturated carbocycles. The van der Waals surface area contributed by atoms with Gasteiger partial charge in [-0.05, 0) is 183 Å². The standard InChI is InChI=1S/C16H16ClNS2.C16H11NOS.C16H14O2S.C15H11ClOS.C15H11FOS.C14H12ClNS2/c1-10(2)18-9-12(13-6-7-15(17)20-13)16(11(18)3)14-5-4-8-19-14;1-11-16(15-7-4-8-19-15)14(10-18-11)12-5-3-6-13(9-12)17-2;1-11-16(15-4-3-9-19-15)14(10-18-11)12-5-7-13(17-2)8-6-12;2*1-10-15(14-3-2-8-18-14)13(9-17-10)11-4-6-12(16)7-5-11;1-9-14(12-4-3-7-17-12)10(8-16(9)2)11-5-6-13(15)18-11/h4-8,10H,3,9H2,1-2H3;3-9H,1,10H2;3-9H,1,10H2,2H3;2*2-8H,1,9H2;3-7H,1,8H2,2H3. The van der Waals surface area contributed by atoms with Crippen LogP contribution in [-0.2, 0) is 18.9 Å². The molecule has 0 saturated heterocycles. The number of halogens is 4. The molecule has 18 rings (SSSR count). The van der Waals surface area contributed by atoms with Crippen LogP contribution in [0.3, 0.4) is 0 Å². The van der Waals surface area contributed by atoms with E-state index in [0.717, 1.165) is 121 Å². The molecule has 0 amide bonds. The van der Waals surface area contributed by atoms with E-state index < -0.39 is 0 Å². The summed E-state index contributed by atoms with van der Waals surface area (Å²) in [5.74, 6) is 3.55. The molecule has 0 bridgehead atoms. The molecule has 4 aromatic carbocycles. The van der Waals surface area contributed by atoms with Gasteiger partial charge in [0.15, 0.2) is 5.69 Å². The van der Waals surface area contributed by atoms with Crippen LogP contribution in [0.5, 0.6) is 5.75 Å². The highest BCUT2D eigenvalue weighted by Crippen LogP contribution is 2.48. The molecule has 0 aliphatic carbocycles. The first-order valence-electron chi connectivity index (χ1n) is 35.3. The molecule has 14 heterocycles. The zero-order valence-electron chi connectivity index (χ0n) is 61.7. The lowest BCUT2D eigenvalue weighted by molar-refractivity contribution is 0.286. The third-order valence-electron chi connectivity index (χ3n) is 18.7. The fourth-order valence-electron chi connectivity index (χ4n) is 13.2. The second-order valence-electron chi connectivity index (χ2n) is 25.9. The summed E-state index contributed by atoms with van der Waals surface area (Å²) < 4.78 is 42.2. The summed E-state index contributed by atoms with van der Waals surface area (Å²) in [4.78, 5) is 17.8. The van der Waals surface area contributed by atoms with Gasteiger partial charge in [-0.2, -0.15) is 0 Å². The lowest BCUT2D eigenvalue weighted by Crippen LogP contribution is -2.26. The van der Waals surface area contributed by atoms with Crippen molar-refractivity contribution < 1.29 is 28.1 Å². The quantitative estimate of drug-likeness (QED) is 0.101. The molecular weight excluding hydrogens is 1610 g/mol. The SMILES string of the molecule is C=C1C(c2cccs2)=C(c2ccc(Cl)s2)CN1C.C=C1C(c2cccs2)=C(c2ccc(Cl)s2)CN1C(C)C.C=C1OCC(c2ccc(Cl)cc2)=C1c1cccs1.C=C1OCC(c2ccc(F)cc2)=C1c1cccs1.C=C1OCC(c2ccc(OC)cc2)=C1c1cccs1.[C-]#[N+]c1cccc(C2=C(c3cccs3)C(=C)OC2)c1. The zero-order chi connectivity index (χ0) is 78.5. The van der Waals surface area contributed by atoms with E-state index in [4.69, 9.17) is 65.1 Å². The van der Waals surface area contributed by atoms with Crippen LogP contribution in [0.4, 0.5) is 10.1 Å². The molecule has 12 aromatic rings. The normalized spacial score (nSPS) is 15.1. The van der Waals surface area contributed by atoms with Crippen LogP contribution >= 0.6 is 125 Å². The van der Waals surface area contributed by atoms with Crippen molar-refractivity contribution in [2.24, 2.45) is 0 Å². The minimum Gasteiger partial charge on any atom is -0.497 e. The van der Waals surface area contributed by atoms with Gasteiger partial charge in [0, 0.05) is 137 Å². The van der Waals surface area contributed by atoms with E-state index in [1.807, 2.05) is 114 Å². The molecule has 0 unspecified atom stereocenters. The van der Waals surface area contributed by atoms with Crippen molar-refractivity contribution in [1.29, 1.82) is 0 Å². The lowest BCUT2D eigenvalue weighted by Gasteiger charge is -2.25. The van der Waals surface area contributed by atoms with Crippen molar-refractivity contribution in [2.45, 2.75) is 19.9 Å². The van der Waals surface area contributed by atoms with Crippen molar-refractivity contribution in [2.75, 3.05) is 53.7 Å². The number of benzene rings is 4. The van der Waals surface area contributed by atoms with E-state index in [-0.39, 0.29) is 5.82 Å². The van der Waals surface area contributed by atoms with Crippen LogP contribution < -0.4 is 4.74 Å². The van der Waals surface area contributed by atoms with Gasteiger partial charge in [0.2, 0.25) is 0 Å². The van der Waals surface area contributed by atoms with Gasteiger partial charge in [0.05, 0.1) is 22.4 Å². The molecular formula is C92H75Cl3FN3O5S8. The van der Waals surface area contributed by atoms with Crippen LogP contribution in [0, 0.1) is 12.4 Å². The van der Waals surface area contributed by atoms with Gasteiger partial charge in [0.25, 0.3) is 0 Å². The summed E-state index contributed by atoms with van der Waals surface area (Å²) in [5.41, 5.74) is 21.3. The van der Waals surface area contributed by atoms with Gasteiger partial charge in [0.1, 0.15) is 61.0 Å². The van der Waals surface area contributed by atoms with Crippen molar-refractivity contribution in [3.8, 4) is 5.75 Å². The Morgan fingerprint density at radius 3 is 1.12 bits per heavy atom. The van der Waals surface area contributed by atoms with E-state index in [9.17, 15) is 4.39 Å². The zero-order valence-corrected chi connectivity index (χ0v) is 70.5. The Morgan fingerprint density at radius 2 is 0.768 bits per heavy atom. The fourth-order valence-corrected chi connectivity index (χ4v) is 20.4. The average Bonchev–Trinajstić information content (AvgIpc) is 1.63. The van der Waals surface area contributed by atoms with E-state index in [2.05, 4.69) is 163 Å². The molecule has 112 heavy (non-hydrogen) atoms. The maximum Gasteiger partial charge on any atom is 0.187 e. The molecule has 0 radical (unpaired) electrons. The van der Waals surface area contributed by atoms with E-state index in [0.29, 0.717) is 49.7 Å². The number of hydrogen-bond acceptors (Lipinski definition) is 15. The molecule has 6 aliphatic rings. The van der Waals surface area contributed by atoms with Crippen LogP contribution in [0.25, 0.3) is 71.7 Å². The monoisotopic (exact) mass is 1680 g/mol. The fraction of sp³-hybridized carbons (Fsp3) is 0.120. The molecule has 0 spiro atoms. The lowest BCUT2D eigenvalue weighted by atomic mass is 10.00. The number of thiophene rings is 8. The number of methoxy groups -OCH3 is 1. The predicted molar refractivity (Wildman–Crippen MR) is 482 cm³/mol. The van der Waals surface area contributed by atoms with Gasteiger partial charge >= 0.3 is 0 Å². The first-order valence-corrected chi connectivity index (χ1v) is 43.3. The maximum absolute atomic E-state index is 13.0. The molecule has 0 N–H and O–H groups in total. The predicted octanol–water partition coefficient (Wildman–Crippen LogP) is 28.6. The van der Waals surface area contributed by atoms with E-state index in [1.54, 1.807) is 110 Å². The summed E-state index contributed by atoms with van der Waals surface area (Å²) in [6.45, 7) is 39.9. The smallest absolute Gasteiger partial charge is 0.187 e. The largest absolute Gasteiger partial charge is 0.497 e. The second kappa shape index (κ2) is 37.3. The third-order valence-corrected chi connectivity index (χ3v) is 26.9. The molecule has 8 aromatic heterocycles. The van der Waals surface area contributed by atoms with Crippen LogP contribution in [-0.4, -0.2) is 69.5 Å². The molecule has 20 heteroatoms. The highest BCUT2D eigenvalue weighted by atomic mass is 35.5. The molecule has 8 nitrogen and oxygen atoms in total. The first-order chi connectivity index (χ1) is 54.3. The van der Waals surface area contributed by atoms with Crippen molar-refractivity contribution in [3.63, 3.8) is 0 Å². The summed E-state index contributed by atoms with van der Waals surface area (Å²) in [7, 11) is 3.75. The van der Waals surface area contributed by atoms with Gasteiger partial charge in [-0.15, -0.1) is 90.7 Å². The van der Waals surface area contributed by atoms with Crippen LogP contribution in [0.15, 0.2) is 300 Å². The number of nitrogens with zero attached hydrogens (tertiary/aromatic N) is 3. The number of rotatable bonds is 14. The van der Waals surface area contributed by atoms with E-state index >= 15 is 0 Å². The van der Waals surface area contributed by atoms with Gasteiger partial charge in [-0.1, -0.05) is 165 Å². The molecule has 0 atom stereocenters. The average molecular weight is 1680 g/mol. The van der Waals surface area contributed by atoms with Gasteiger partial charge in [-0.3, -0.25) is 0 Å². The molecule has 564 valence electrons. The highest BCUT2D eigenvalue weighted by molar-refractivity contribution is 7.18. The number of ether oxygens (including phenoxy) is 5. The van der Waals surface area contributed by atoms with E-state index in [1.165, 1.54) is 74.8 Å². The summed E-state index contributed by atoms with van der Waals surface area (Å²) in [6, 6.07) is 63.5. The highest BCUT2D eigenvalue weighted by Gasteiger charge is 2.32. The Kier molecular flexibility index (Phi) is 26.7. The minimum absolute atomic E-state index is 0.227. The third kappa shape index (κ3) is 18.6. The van der Waals surface area contributed by atoms with Gasteiger partial charge in [-0.25, -0.2) is 9.24 Å². The van der Waals surface area contributed by atoms with Gasteiger partial charge < -0.3 is 33.5 Å². The first kappa shape index (κ1) is 80.3. The summed E-state index contributed by atoms with van der Waals surface area (Å²) in [5, 5.41) is 13.2. The topological polar surface area (TPSA) is 57.0 Å².